The van der Waals surface area contributed by atoms with Gasteiger partial charge in [-0.1, -0.05) is 61.4 Å². The van der Waals surface area contributed by atoms with Crippen molar-refractivity contribution in [3.8, 4) is 11.1 Å². The lowest BCUT2D eigenvalue weighted by molar-refractivity contribution is -0.0979. The lowest BCUT2D eigenvalue weighted by Crippen LogP contribution is -2.44. The molecule has 0 radical (unpaired) electrons. The van der Waals surface area contributed by atoms with Crippen LogP contribution in [0.1, 0.15) is 86.8 Å². The van der Waals surface area contributed by atoms with E-state index in [2.05, 4.69) is 5.16 Å². The molecule has 2 aliphatic carbocycles. The summed E-state index contributed by atoms with van der Waals surface area (Å²) >= 11 is 0. The smallest absolute Gasteiger partial charge is 0.268 e. The number of rotatable bonds is 6. The Bertz CT molecular complexity index is 1590. The van der Waals surface area contributed by atoms with Crippen LogP contribution in [-0.4, -0.2) is 27.6 Å². The summed E-state index contributed by atoms with van der Waals surface area (Å²) in [5.74, 6) is 0.809. The summed E-state index contributed by atoms with van der Waals surface area (Å²) in [4.78, 5) is 5.11. The van der Waals surface area contributed by atoms with Crippen molar-refractivity contribution in [1.29, 1.82) is 0 Å². The van der Waals surface area contributed by atoms with Crippen LogP contribution in [0.25, 0.3) is 22.2 Å². The fourth-order valence-electron chi connectivity index (χ4n) is 7.28. The molecule has 2 fully saturated rings. The molecule has 212 valence electrons. The van der Waals surface area contributed by atoms with Crippen molar-refractivity contribution in [3.05, 3.63) is 65.3 Å². The van der Waals surface area contributed by atoms with Crippen LogP contribution in [0.2, 0.25) is 0 Å². The summed E-state index contributed by atoms with van der Waals surface area (Å²) < 4.78 is 35.2. The molecular weight excluding hydrogens is 522 g/mol. The highest BCUT2D eigenvalue weighted by atomic mass is 32.2. The molecule has 1 aromatic carbocycles. The number of fused-ring (bicyclic) bond motifs is 1. The Kier molecular flexibility index (Phi) is 7.11. The van der Waals surface area contributed by atoms with Gasteiger partial charge in [0.1, 0.15) is 5.76 Å². The van der Waals surface area contributed by atoms with Gasteiger partial charge in [0, 0.05) is 29.1 Å². The van der Waals surface area contributed by atoms with Gasteiger partial charge in [-0.3, -0.25) is 4.98 Å². The number of aromatic nitrogens is 3. The van der Waals surface area contributed by atoms with Gasteiger partial charge < -0.3 is 9.63 Å². The standard InChI is InChI=1S/C32H39N3O4S/c1-21-14-16-27(17-15-21)40(37,38)35-20-28(31-29(35)18-24(19-33-31)30-22(2)34-39-23(30)3)32(36,25-10-6-4-7-11-25)26-12-8-5-9-13-26/h14-20,25-26,36H,4-13H2,1-3H3. The molecule has 0 atom stereocenters. The first-order valence-electron chi connectivity index (χ1n) is 14.7. The van der Waals surface area contributed by atoms with Crippen LogP contribution in [0.5, 0.6) is 0 Å². The topological polar surface area (TPSA) is 98.2 Å². The van der Waals surface area contributed by atoms with Gasteiger partial charge >= 0.3 is 0 Å². The molecule has 0 amide bonds. The summed E-state index contributed by atoms with van der Waals surface area (Å²) in [5, 5.41) is 17.0. The molecule has 0 saturated heterocycles. The molecule has 3 heterocycles. The van der Waals surface area contributed by atoms with E-state index in [1.54, 1.807) is 24.5 Å². The van der Waals surface area contributed by atoms with E-state index >= 15 is 0 Å². The second kappa shape index (κ2) is 10.5. The number of aliphatic hydroxyl groups is 1. The van der Waals surface area contributed by atoms with Gasteiger partial charge in [0.25, 0.3) is 10.0 Å². The zero-order valence-electron chi connectivity index (χ0n) is 23.7. The van der Waals surface area contributed by atoms with Crippen LogP contribution in [0, 0.1) is 32.6 Å². The molecule has 0 spiro atoms. The minimum atomic E-state index is -3.96. The van der Waals surface area contributed by atoms with Crippen LogP contribution < -0.4 is 0 Å². The predicted molar refractivity (Wildman–Crippen MR) is 156 cm³/mol. The summed E-state index contributed by atoms with van der Waals surface area (Å²) in [7, 11) is -3.96. The van der Waals surface area contributed by atoms with Crippen molar-refractivity contribution in [2.45, 2.75) is 95.5 Å². The SMILES string of the molecule is Cc1ccc(S(=O)(=O)n2cc(C(O)(C3CCCCC3)C3CCCCC3)c3ncc(-c4c(C)noc4C)cc32)cc1. The van der Waals surface area contributed by atoms with Crippen molar-refractivity contribution >= 4 is 21.1 Å². The lowest BCUT2D eigenvalue weighted by Gasteiger charge is -2.45. The zero-order valence-corrected chi connectivity index (χ0v) is 24.5. The van der Waals surface area contributed by atoms with E-state index in [1.807, 2.05) is 39.0 Å². The van der Waals surface area contributed by atoms with Gasteiger partial charge in [-0.25, -0.2) is 12.4 Å². The molecule has 2 aliphatic rings. The third kappa shape index (κ3) is 4.49. The Labute approximate surface area is 236 Å². The molecule has 3 aromatic heterocycles. The number of benzene rings is 1. The maximum atomic E-state index is 14.2. The Hall–Kier alpha value is -2.97. The minimum absolute atomic E-state index is 0.0783. The summed E-state index contributed by atoms with van der Waals surface area (Å²) in [6, 6.07) is 8.79. The molecule has 8 heteroatoms. The zero-order chi connectivity index (χ0) is 28.1. The second-order valence-electron chi connectivity index (χ2n) is 11.9. The maximum absolute atomic E-state index is 14.2. The van der Waals surface area contributed by atoms with Gasteiger partial charge in [0.2, 0.25) is 0 Å². The third-order valence-corrected chi connectivity index (χ3v) is 11.1. The van der Waals surface area contributed by atoms with E-state index in [0.29, 0.717) is 22.4 Å². The predicted octanol–water partition coefficient (Wildman–Crippen LogP) is 7.20. The Balaban J connectivity index is 1.61. The van der Waals surface area contributed by atoms with E-state index in [1.165, 1.54) is 16.8 Å². The average molecular weight is 562 g/mol. The van der Waals surface area contributed by atoms with E-state index in [9.17, 15) is 13.5 Å². The number of hydrogen-bond acceptors (Lipinski definition) is 6. The molecule has 4 aromatic rings. The molecule has 40 heavy (non-hydrogen) atoms. The highest BCUT2D eigenvalue weighted by molar-refractivity contribution is 7.90. The Morgan fingerprint density at radius 3 is 2.08 bits per heavy atom. The Morgan fingerprint density at radius 2 is 1.52 bits per heavy atom. The van der Waals surface area contributed by atoms with Gasteiger partial charge in [0.15, 0.2) is 0 Å². The molecular formula is C32H39N3O4S. The fraction of sp³-hybridized carbons (Fsp3) is 0.500. The number of pyridine rings is 1. The number of aryl methyl sites for hydroxylation is 3. The summed E-state index contributed by atoms with van der Waals surface area (Å²) in [5.41, 5.74) is 3.82. The van der Waals surface area contributed by atoms with Crippen molar-refractivity contribution in [2.24, 2.45) is 11.8 Å². The van der Waals surface area contributed by atoms with Crippen molar-refractivity contribution in [2.75, 3.05) is 0 Å². The monoisotopic (exact) mass is 561 g/mol. The van der Waals surface area contributed by atoms with Gasteiger partial charge in [-0.05, 0) is 76.5 Å². The molecule has 0 unspecified atom stereocenters. The first-order chi connectivity index (χ1) is 19.2. The van der Waals surface area contributed by atoms with Gasteiger partial charge in [-0.2, -0.15) is 0 Å². The highest BCUT2D eigenvalue weighted by Crippen LogP contribution is 2.51. The van der Waals surface area contributed by atoms with Crippen LogP contribution in [0.15, 0.2) is 52.1 Å². The molecule has 2 saturated carbocycles. The molecule has 1 N–H and O–H groups in total. The van der Waals surface area contributed by atoms with E-state index in [4.69, 9.17) is 9.51 Å². The average Bonchev–Trinajstić information content (AvgIpc) is 3.53. The highest BCUT2D eigenvalue weighted by Gasteiger charge is 2.48. The maximum Gasteiger partial charge on any atom is 0.268 e. The van der Waals surface area contributed by atoms with Crippen molar-refractivity contribution in [1.82, 2.24) is 14.1 Å². The van der Waals surface area contributed by atoms with Crippen LogP contribution >= 0.6 is 0 Å². The van der Waals surface area contributed by atoms with E-state index in [-0.39, 0.29) is 16.7 Å². The number of hydrogen-bond donors (Lipinski definition) is 1. The van der Waals surface area contributed by atoms with E-state index < -0.39 is 15.6 Å². The minimum Gasteiger partial charge on any atom is -0.384 e. The first kappa shape index (κ1) is 27.2. The molecule has 0 bridgehead atoms. The summed E-state index contributed by atoms with van der Waals surface area (Å²) in [6.07, 6.45) is 13.9. The molecule has 6 rings (SSSR count). The quantitative estimate of drug-likeness (QED) is 0.267. The second-order valence-corrected chi connectivity index (χ2v) is 13.8. The van der Waals surface area contributed by atoms with Crippen molar-refractivity contribution < 1.29 is 18.0 Å². The first-order valence-corrected chi connectivity index (χ1v) is 16.1. The molecule has 0 aliphatic heterocycles. The number of nitrogens with zero attached hydrogens (tertiary/aromatic N) is 3. The van der Waals surface area contributed by atoms with Crippen LogP contribution in [-0.2, 0) is 15.6 Å². The molecule has 7 nitrogen and oxygen atoms in total. The van der Waals surface area contributed by atoms with Gasteiger partial charge in [0.05, 0.1) is 27.2 Å². The van der Waals surface area contributed by atoms with Gasteiger partial charge in [-0.15, -0.1) is 0 Å². The van der Waals surface area contributed by atoms with Crippen LogP contribution in [0.4, 0.5) is 0 Å². The van der Waals surface area contributed by atoms with Crippen LogP contribution in [0.3, 0.4) is 0 Å². The lowest BCUT2D eigenvalue weighted by atomic mass is 9.64. The fourth-order valence-corrected chi connectivity index (χ4v) is 8.63. The normalized spacial score (nSPS) is 18.0. The summed E-state index contributed by atoms with van der Waals surface area (Å²) in [6.45, 7) is 5.65. The third-order valence-electron chi connectivity index (χ3n) is 9.39. The largest absolute Gasteiger partial charge is 0.384 e. The Morgan fingerprint density at radius 1 is 0.925 bits per heavy atom. The van der Waals surface area contributed by atoms with E-state index in [0.717, 1.165) is 73.8 Å². The van der Waals surface area contributed by atoms with Crippen molar-refractivity contribution in [3.63, 3.8) is 0 Å².